The van der Waals surface area contributed by atoms with Gasteiger partial charge in [0.15, 0.2) is 11.6 Å². The Bertz CT molecular complexity index is 905. The fourth-order valence-corrected chi connectivity index (χ4v) is 2.92. The van der Waals surface area contributed by atoms with Gasteiger partial charge in [0, 0.05) is 30.6 Å². The molecule has 1 aliphatic rings. The summed E-state index contributed by atoms with van der Waals surface area (Å²) < 4.78 is 12.2. The average Bonchev–Trinajstić information content (AvgIpc) is 3.02. The van der Waals surface area contributed by atoms with Crippen LogP contribution in [0.15, 0.2) is 30.0 Å². The van der Waals surface area contributed by atoms with Gasteiger partial charge in [-0.15, -0.1) is 0 Å². The number of aryl methyl sites for hydroxylation is 1. The third kappa shape index (κ3) is 4.51. The summed E-state index contributed by atoms with van der Waals surface area (Å²) >= 11 is 5.93. The molecule has 0 aliphatic carbocycles. The molecule has 0 saturated carbocycles. The molecule has 0 spiro atoms. The van der Waals surface area contributed by atoms with Crippen LogP contribution in [0.3, 0.4) is 0 Å². The zero-order valence-corrected chi connectivity index (χ0v) is 16.5. The van der Waals surface area contributed by atoms with Crippen molar-refractivity contribution in [3.8, 4) is 11.4 Å². The van der Waals surface area contributed by atoms with Crippen LogP contribution in [0.1, 0.15) is 32.0 Å². The molecule has 0 bridgehead atoms. The Labute approximate surface area is 167 Å². The minimum absolute atomic E-state index is 0.112. The van der Waals surface area contributed by atoms with Crippen LogP contribution >= 0.6 is 11.6 Å². The first kappa shape index (κ1) is 19.9. The number of alkyl carbamates (subject to hydrolysis) is 1. The number of benzene rings is 1. The number of carbonyl (C=O) groups is 2. The highest BCUT2D eigenvalue weighted by atomic mass is 35.5. The molecule has 3 rings (SSSR count). The van der Waals surface area contributed by atoms with Gasteiger partial charge >= 0.3 is 12.1 Å². The third-order valence-corrected chi connectivity index (χ3v) is 4.39. The largest absolute Gasteiger partial charge is 0.462 e. The molecule has 1 N–H and O–H groups in total. The van der Waals surface area contributed by atoms with E-state index in [0.29, 0.717) is 43.3 Å². The van der Waals surface area contributed by atoms with E-state index in [-0.39, 0.29) is 17.2 Å². The van der Waals surface area contributed by atoms with Crippen molar-refractivity contribution < 1.29 is 19.1 Å². The van der Waals surface area contributed by atoms with E-state index >= 15 is 0 Å². The molecule has 2 aromatic rings. The van der Waals surface area contributed by atoms with Gasteiger partial charge in [0.25, 0.3) is 0 Å². The first-order valence-corrected chi connectivity index (χ1v) is 9.40. The minimum atomic E-state index is -0.622. The number of amides is 1. The molecule has 1 aromatic heterocycles. The predicted molar refractivity (Wildman–Crippen MR) is 103 cm³/mol. The van der Waals surface area contributed by atoms with Gasteiger partial charge in [-0.2, -0.15) is 5.10 Å². The van der Waals surface area contributed by atoms with Gasteiger partial charge in [-0.1, -0.05) is 11.6 Å². The maximum atomic E-state index is 12.7. The second-order valence-electron chi connectivity index (χ2n) is 6.20. The summed E-state index contributed by atoms with van der Waals surface area (Å²) in [4.78, 5) is 29.1. The Balaban J connectivity index is 2.05. The highest BCUT2D eigenvalue weighted by molar-refractivity contribution is 6.30. The second kappa shape index (κ2) is 8.88. The number of cyclic esters (lactones) is 1. The van der Waals surface area contributed by atoms with Crippen LogP contribution in [0.25, 0.3) is 17.0 Å². The summed E-state index contributed by atoms with van der Waals surface area (Å²) in [7, 11) is 1.67. The van der Waals surface area contributed by atoms with Crippen molar-refractivity contribution >= 4 is 29.2 Å². The van der Waals surface area contributed by atoms with E-state index in [1.54, 1.807) is 38.2 Å². The number of rotatable bonds is 4. The summed E-state index contributed by atoms with van der Waals surface area (Å²) in [5, 5.41) is 7.55. The third-order valence-electron chi connectivity index (χ3n) is 4.14. The van der Waals surface area contributed by atoms with Crippen LogP contribution in [0.4, 0.5) is 4.79 Å². The number of nitrogens with zero attached hydrogens (tertiary/aromatic N) is 3. The van der Waals surface area contributed by atoms with Crippen molar-refractivity contribution in [3.63, 3.8) is 0 Å². The first-order chi connectivity index (χ1) is 13.5. The van der Waals surface area contributed by atoms with Crippen molar-refractivity contribution in [1.29, 1.82) is 0 Å². The summed E-state index contributed by atoms with van der Waals surface area (Å²) in [5.41, 5.74) is 0.860. The lowest BCUT2D eigenvalue weighted by molar-refractivity contribution is -0.137. The molecule has 0 radical (unpaired) electrons. The standard InChI is InChI=1S/C19H21ClN4O4/c1-3-21-19(26)28-14-6-4-5-11-27-18(25)15(14)17-22-16(23-24(17)2)12-7-9-13(20)10-8-12/h7-10H,3-6,11H2,1-2H3,(H,21,26)/b15-14+. The topological polar surface area (TPSA) is 95.3 Å². The first-order valence-electron chi connectivity index (χ1n) is 9.03. The van der Waals surface area contributed by atoms with Crippen molar-refractivity contribution in [2.45, 2.75) is 26.2 Å². The van der Waals surface area contributed by atoms with Crippen LogP contribution in [0.5, 0.6) is 0 Å². The lowest BCUT2D eigenvalue weighted by Crippen LogP contribution is -2.25. The van der Waals surface area contributed by atoms with Crippen molar-refractivity contribution in [2.24, 2.45) is 7.05 Å². The molecule has 0 saturated heterocycles. The Morgan fingerprint density at radius 3 is 2.79 bits per heavy atom. The van der Waals surface area contributed by atoms with Crippen LogP contribution in [-0.4, -0.2) is 40.0 Å². The second-order valence-corrected chi connectivity index (χ2v) is 6.64. The highest BCUT2D eigenvalue weighted by Crippen LogP contribution is 2.28. The lowest BCUT2D eigenvalue weighted by Gasteiger charge is -2.17. The molecule has 0 unspecified atom stereocenters. The molecule has 0 atom stereocenters. The molecule has 148 valence electrons. The fourth-order valence-electron chi connectivity index (χ4n) is 2.80. The Morgan fingerprint density at radius 2 is 2.07 bits per heavy atom. The average molecular weight is 405 g/mol. The van der Waals surface area contributed by atoms with E-state index < -0.39 is 12.1 Å². The normalized spacial score (nSPS) is 17.5. The monoisotopic (exact) mass is 404 g/mol. The summed E-state index contributed by atoms with van der Waals surface area (Å²) in [5.74, 6) is 0.344. The fraction of sp³-hybridized carbons (Fsp3) is 0.368. The van der Waals surface area contributed by atoms with Crippen LogP contribution in [-0.2, 0) is 21.3 Å². The summed E-state index contributed by atoms with van der Waals surface area (Å²) in [6, 6.07) is 7.05. The number of halogens is 1. The lowest BCUT2D eigenvalue weighted by atomic mass is 10.1. The molecule has 0 fully saturated rings. The van der Waals surface area contributed by atoms with Gasteiger partial charge in [-0.25, -0.2) is 19.3 Å². The van der Waals surface area contributed by atoms with Crippen molar-refractivity contribution in [2.75, 3.05) is 13.2 Å². The maximum Gasteiger partial charge on any atom is 0.412 e. The van der Waals surface area contributed by atoms with E-state index in [9.17, 15) is 9.59 Å². The molecular formula is C19H21ClN4O4. The number of hydrogen-bond donors (Lipinski definition) is 1. The van der Waals surface area contributed by atoms with E-state index in [0.717, 1.165) is 5.56 Å². The van der Waals surface area contributed by atoms with Gasteiger partial charge in [0.05, 0.1) is 6.61 Å². The molecule has 1 aliphatic heterocycles. The highest BCUT2D eigenvalue weighted by Gasteiger charge is 2.28. The van der Waals surface area contributed by atoms with Gasteiger partial charge in [-0.3, -0.25) is 0 Å². The van der Waals surface area contributed by atoms with Crippen LogP contribution in [0.2, 0.25) is 5.02 Å². The zero-order chi connectivity index (χ0) is 20.1. The molecule has 1 amide bonds. The van der Waals surface area contributed by atoms with E-state index in [1.807, 2.05) is 0 Å². The van der Waals surface area contributed by atoms with E-state index in [1.165, 1.54) is 4.68 Å². The Morgan fingerprint density at radius 1 is 1.32 bits per heavy atom. The summed E-state index contributed by atoms with van der Waals surface area (Å²) in [6.07, 6.45) is 1.21. The molecule has 2 heterocycles. The van der Waals surface area contributed by atoms with Crippen molar-refractivity contribution in [1.82, 2.24) is 20.1 Å². The smallest absolute Gasteiger partial charge is 0.412 e. The van der Waals surface area contributed by atoms with Gasteiger partial charge in [-0.05, 0) is 44.0 Å². The van der Waals surface area contributed by atoms with Gasteiger partial charge in [0.1, 0.15) is 11.3 Å². The molecule has 1 aromatic carbocycles. The number of nitrogens with one attached hydrogen (secondary N) is 1. The number of hydrogen-bond acceptors (Lipinski definition) is 6. The maximum absolute atomic E-state index is 12.7. The molecule has 9 heteroatoms. The number of allylic oxidation sites excluding steroid dienone is 1. The Hall–Kier alpha value is -2.87. The molecular weight excluding hydrogens is 384 g/mol. The van der Waals surface area contributed by atoms with E-state index in [2.05, 4.69) is 15.4 Å². The number of esters is 1. The predicted octanol–water partition coefficient (Wildman–Crippen LogP) is 3.32. The SMILES string of the molecule is CCNC(=O)O/C1=C(\c2nc(-c3ccc(Cl)cc3)nn2C)C(=O)OCCCC1. The Kier molecular flexibility index (Phi) is 6.30. The van der Waals surface area contributed by atoms with E-state index in [4.69, 9.17) is 21.1 Å². The number of carbonyl (C=O) groups excluding carboxylic acids is 2. The quantitative estimate of drug-likeness (QED) is 0.785. The number of ether oxygens (including phenoxy) is 2. The van der Waals surface area contributed by atoms with Crippen LogP contribution in [0, 0.1) is 0 Å². The van der Waals surface area contributed by atoms with Crippen molar-refractivity contribution in [3.05, 3.63) is 40.9 Å². The zero-order valence-electron chi connectivity index (χ0n) is 15.7. The summed E-state index contributed by atoms with van der Waals surface area (Å²) in [6.45, 7) is 2.50. The van der Waals surface area contributed by atoms with Crippen LogP contribution < -0.4 is 5.32 Å². The number of aromatic nitrogens is 3. The van der Waals surface area contributed by atoms with Gasteiger partial charge < -0.3 is 14.8 Å². The molecule has 8 nitrogen and oxygen atoms in total. The molecule has 28 heavy (non-hydrogen) atoms. The minimum Gasteiger partial charge on any atom is -0.462 e. The van der Waals surface area contributed by atoms with Gasteiger partial charge in [0.2, 0.25) is 0 Å².